The predicted molar refractivity (Wildman–Crippen MR) is 238 cm³/mol. The molecular formula is C49H94O10. The van der Waals surface area contributed by atoms with Crippen molar-refractivity contribution < 1.29 is 49.0 Å². The van der Waals surface area contributed by atoms with Crippen LogP contribution < -0.4 is 0 Å². The molecule has 1 aliphatic rings. The molecule has 0 saturated carbocycles. The third-order valence-electron chi connectivity index (χ3n) is 12.0. The minimum Gasteiger partial charge on any atom is -0.462 e. The molecule has 0 aromatic heterocycles. The molecule has 350 valence electrons. The molecule has 1 rings (SSSR count). The van der Waals surface area contributed by atoms with Gasteiger partial charge in [0.05, 0.1) is 13.2 Å². The largest absolute Gasteiger partial charge is 0.462 e. The standard InChI is InChI=1S/C49H94O10/c1-3-5-7-9-11-13-15-17-19-20-21-22-24-26-28-30-32-34-36-38-45(52)58-42(41-57-49-48(55)47(54)46(53)43(39-50)59-49)40-56-44(51)37-35-33-31-29-27-25-23-18-16-14-12-10-8-6-4-2/h42-43,46-50,53-55H,3-41H2,1-2H3. The Morgan fingerprint density at radius 2 is 0.797 bits per heavy atom. The lowest BCUT2D eigenvalue weighted by atomic mass is 9.99. The summed E-state index contributed by atoms with van der Waals surface area (Å²) < 4.78 is 22.2. The maximum absolute atomic E-state index is 12.8. The molecule has 6 atom stereocenters. The zero-order valence-corrected chi connectivity index (χ0v) is 38.3. The Bertz CT molecular complexity index is 932. The van der Waals surface area contributed by atoms with E-state index in [2.05, 4.69) is 13.8 Å². The van der Waals surface area contributed by atoms with Crippen LogP contribution in [0.4, 0.5) is 0 Å². The predicted octanol–water partition coefficient (Wildman–Crippen LogP) is 11.3. The number of carbonyl (C=O) groups excluding carboxylic acids is 2. The maximum Gasteiger partial charge on any atom is 0.306 e. The average molecular weight is 843 g/mol. The first-order valence-electron chi connectivity index (χ1n) is 25.1. The van der Waals surface area contributed by atoms with Crippen LogP contribution in [0.15, 0.2) is 0 Å². The molecule has 10 nitrogen and oxygen atoms in total. The lowest BCUT2D eigenvalue weighted by Gasteiger charge is -2.39. The van der Waals surface area contributed by atoms with Gasteiger partial charge in [-0.3, -0.25) is 9.59 Å². The first-order chi connectivity index (χ1) is 28.8. The highest BCUT2D eigenvalue weighted by atomic mass is 16.7. The summed E-state index contributed by atoms with van der Waals surface area (Å²) in [5.41, 5.74) is 0. The van der Waals surface area contributed by atoms with Crippen molar-refractivity contribution in [2.24, 2.45) is 0 Å². The van der Waals surface area contributed by atoms with Crippen LogP contribution in [-0.2, 0) is 28.5 Å². The number of rotatable bonds is 43. The zero-order valence-electron chi connectivity index (χ0n) is 38.3. The van der Waals surface area contributed by atoms with Crippen molar-refractivity contribution in [3.8, 4) is 0 Å². The molecule has 0 spiro atoms. The summed E-state index contributed by atoms with van der Waals surface area (Å²) in [4.78, 5) is 25.4. The second-order valence-corrected chi connectivity index (χ2v) is 17.6. The number of unbranched alkanes of at least 4 members (excludes halogenated alkanes) is 32. The Hall–Kier alpha value is -1.30. The van der Waals surface area contributed by atoms with Gasteiger partial charge in [0.15, 0.2) is 12.4 Å². The highest BCUT2D eigenvalue weighted by molar-refractivity contribution is 5.70. The molecule has 59 heavy (non-hydrogen) atoms. The number of ether oxygens (including phenoxy) is 4. The normalized spacial score (nSPS) is 19.9. The van der Waals surface area contributed by atoms with Crippen LogP contribution in [-0.4, -0.2) is 89.0 Å². The van der Waals surface area contributed by atoms with E-state index in [1.807, 2.05) is 0 Å². The van der Waals surface area contributed by atoms with E-state index in [1.165, 1.54) is 173 Å². The molecule has 10 heteroatoms. The number of aliphatic hydroxyl groups is 4. The Morgan fingerprint density at radius 3 is 1.15 bits per heavy atom. The van der Waals surface area contributed by atoms with Gasteiger partial charge < -0.3 is 39.4 Å². The van der Waals surface area contributed by atoms with Crippen LogP contribution in [0.5, 0.6) is 0 Å². The van der Waals surface area contributed by atoms with Gasteiger partial charge in [-0.1, -0.05) is 219 Å². The summed E-state index contributed by atoms with van der Waals surface area (Å²) in [6, 6.07) is 0. The highest BCUT2D eigenvalue weighted by Gasteiger charge is 2.44. The van der Waals surface area contributed by atoms with Crippen LogP contribution in [0.1, 0.15) is 245 Å². The second kappa shape index (κ2) is 40.8. The van der Waals surface area contributed by atoms with Gasteiger partial charge in [-0.05, 0) is 12.8 Å². The molecule has 1 saturated heterocycles. The molecule has 0 bridgehead atoms. The fourth-order valence-electron chi connectivity index (χ4n) is 8.01. The second-order valence-electron chi connectivity index (χ2n) is 17.6. The molecular weight excluding hydrogens is 749 g/mol. The summed E-state index contributed by atoms with van der Waals surface area (Å²) in [6.07, 6.45) is 35.4. The van der Waals surface area contributed by atoms with Crippen LogP contribution in [0.25, 0.3) is 0 Å². The monoisotopic (exact) mass is 843 g/mol. The topological polar surface area (TPSA) is 152 Å². The van der Waals surface area contributed by atoms with E-state index in [0.717, 1.165) is 38.5 Å². The number of aliphatic hydroxyl groups excluding tert-OH is 4. The van der Waals surface area contributed by atoms with Crippen molar-refractivity contribution in [1.82, 2.24) is 0 Å². The van der Waals surface area contributed by atoms with Crippen molar-refractivity contribution in [3.63, 3.8) is 0 Å². The number of hydrogen-bond donors (Lipinski definition) is 4. The van der Waals surface area contributed by atoms with Gasteiger partial charge in [-0.2, -0.15) is 0 Å². The third-order valence-corrected chi connectivity index (χ3v) is 12.0. The molecule has 4 N–H and O–H groups in total. The van der Waals surface area contributed by atoms with Crippen molar-refractivity contribution in [3.05, 3.63) is 0 Å². The van der Waals surface area contributed by atoms with Gasteiger partial charge in [0.1, 0.15) is 31.0 Å². The number of carbonyl (C=O) groups is 2. The summed E-state index contributed by atoms with van der Waals surface area (Å²) in [6.45, 7) is 3.47. The van der Waals surface area contributed by atoms with E-state index in [1.54, 1.807) is 0 Å². The van der Waals surface area contributed by atoms with Crippen LogP contribution in [0, 0.1) is 0 Å². The minimum atomic E-state index is -1.59. The van der Waals surface area contributed by atoms with E-state index in [0.29, 0.717) is 6.42 Å². The maximum atomic E-state index is 12.8. The Balaban J connectivity index is 2.25. The van der Waals surface area contributed by atoms with E-state index in [-0.39, 0.29) is 32.0 Å². The van der Waals surface area contributed by atoms with E-state index >= 15 is 0 Å². The van der Waals surface area contributed by atoms with Gasteiger partial charge in [0.25, 0.3) is 0 Å². The fourth-order valence-corrected chi connectivity index (χ4v) is 8.01. The molecule has 1 heterocycles. The SMILES string of the molecule is CCCCCCCCCCCCCCCCCCCCCC(=O)OC(COC(=O)CCCCCCCCCCCCCCCCC)COC1OC(CO)C(O)C(O)C1O. The molecule has 0 aromatic carbocycles. The van der Waals surface area contributed by atoms with Crippen molar-refractivity contribution in [2.45, 2.75) is 282 Å². The zero-order chi connectivity index (χ0) is 43.0. The molecule has 6 unspecified atom stereocenters. The molecule has 0 amide bonds. The average Bonchev–Trinajstić information content (AvgIpc) is 3.23. The summed E-state index contributed by atoms with van der Waals surface area (Å²) in [7, 11) is 0. The number of hydrogen-bond acceptors (Lipinski definition) is 10. The fraction of sp³-hybridized carbons (Fsp3) is 0.959. The van der Waals surface area contributed by atoms with E-state index in [4.69, 9.17) is 18.9 Å². The van der Waals surface area contributed by atoms with Gasteiger partial charge >= 0.3 is 11.9 Å². The third kappa shape index (κ3) is 32.1. The summed E-state index contributed by atoms with van der Waals surface area (Å²) in [5, 5.41) is 40.2. The van der Waals surface area contributed by atoms with Crippen molar-refractivity contribution >= 4 is 11.9 Å². The molecule has 0 radical (unpaired) electrons. The first kappa shape index (κ1) is 55.7. The highest BCUT2D eigenvalue weighted by Crippen LogP contribution is 2.23. The molecule has 0 aliphatic carbocycles. The summed E-state index contributed by atoms with van der Waals surface area (Å²) >= 11 is 0. The van der Waals surface area contributed by atoms with E-state index < -0.39 is 49.4 Å². The lowest BCUT2D eigenvalue weighted by molar-refractivity contribution is -0.305. The van der Waals surface area contributed by atoms with Crippen LogP contribution in [0.2, 0.25) is 0 Å². The molecule has 1 aliphatic heterocycles. The van der Waals surface area contributed by atoms with Gasteiger partial charge in [-0.15, -0.1) is 0 Å². The quantitative estimate of drug-likeness (QED) is 0.0345. The smallest absolute Gasteiger partial charge is 0.306 e. The molecule has 0 aromatic rings. The Morgan fingerprint density at radius 1 is 0.458 bits per heavy atom. The molecule has 1 fully saturated rings. The van der Waals surface area contributed by atoms with Crippen molar-refractivity contribution in [1.29, 1.82) is 0 Å². The first-order valence-corrected chi connectivity index (χ1v) is 25.1. The lowest BCUT2D eigenvalue weighted by Crippen LogP contribution is -2.59. The van der Waals surface area contributed by atoms with Gasteiger partial charge in [0.2, 0.25) is 0 Å². The van der Waals surface area contributed by atoms with Crippen LogP contribution in [0.3, 0.4) is 0 Å². The number of esters is 2. The van der Waals surface area contributed by atoms with Gasteiger partial charge in [0, 0.05) is 12.8 Å². The van der Waals surface area contributed by atoms with E-state index in [9.17, 15) is 30.0 Å². The van der Waals surface area contributed by atoms with Crippen molar-refractivity contribution in [2.75, 3.05) is 19.8 Å². The summed E-state index contributed by atoms with van der Waals surface area (Å²) in [5.74, 6) is -0.787. The minimum absolute atomic E-state index is 0.208. The van der Waals surface area contributed by atoms with Gasteiger partial charge in [-0.25, -0.2) is 0 Å². The van der Waals surface area contributed by atoms with Crippen LogP contribution >= 0.6 is 0 Å². The Labute approximate surface area is 361 Å². The Kier molecular flexibility index (Phi) is 38.5.